The molecule has 0 radical (unpaired) electrons. The topological polar surface area (TPSA) is 116 Å². The molecule has 0 spiro atoms. The van der Waals surface area contributed by atoms with Crippen LogP contribution in [0.2, 0.25) is 0 Å². The Morgan fingerprint density at radius 2 is 1.77 bits per heavy atom. The van der Waals surface area contributed by atoms with Crippen LogP contribution in [0.4, 0.5) is 11.4 Å². The number of piperazine rings is 1. The molecule has 1 aromatic carbocycles. The van der Waals surface area contributed by atoms with Crippen molar-refractivity contribution in [3.63, 3.8) is 0 Å². The highest BCUT2D eigenvalue weighted by Gasteiger charge is 2.30. The number of benzene rings is 1. The first kappa shape index (κ1) is 30.0. The summed E-state index contributed by atoms with van der Waals surface area (Å²) in [6.07, 6.45) is 5.39. The Hall–Kier alpha value is -4.09. The van der Waals surface area contributed by atoms with Crippen LogP contribution in [-0.4, -0.2) is 88.7 Å². The number of aromatic nitrogens is 3. The first-order valence-corrected chi connectivity index (χ1v) is 15.6. The molecule has 3 saturated heterocycles. The molecule has 3 atom stereocenters. The molecular formula is C33H42N8O3. The Kier molecular flexibility index (Phi) is 8.76. The minimum absolute atomic E-state index is 0.0657. The van der Waals surface area contributed by atoms with Crippen LogP contribution in [0.3, 0.4) is 0 Å². The van der Waals surface area contributed by atoms with Crippen molar-refractivity contribution in [2.24, 2.45) is 7.05 Å². The van der Waals surface area contributed by atoms with Crippen molar-refractivity contribution in [3.8, 4) is 0 Å². The predicted molar refractivity (Wildman–Crippen MR) is 170 cm³/mol. The fourth-order valence-corrected chi connectivity index (χ4v) is 6.80. The van der Waals surface area contributed by atoms with E-state index in [0.717, 1.165) is 69.3 Å². The molecule has 2 amide bonds. The third-order valence-corrected chi connectivity index (χ3v) is 9.33. The summed E-state index contributed by atoms with van der Waals surface area (Å²) in [5.41, 5.74) is 5.93. The molecule has 0 aliphatic carbocycles. The lowest BCUT2D eigenvalue weighted by atomic mass is 9.87. The standard InChI is InChI=1S/C33H42N8O3/c1-22-30(18-35-39(3)33(22)44)36-26-16-25(20-38(2)21-26)24-6-4-23(5-7-24)19-40-12-14-41(15-13-40)27-10-11-34-29(17-27)28-8-9-31(42)37-32(28)43/h4-7,10-11,17-18,25-26,28,36H,8-9,12-16,19-21H2,1-3H3,(H,37,42,43). The maximum Gasteiger partial charge on any atom is 0.271 e. The third-order valence-electron chi connectivity index (χ3n) is 9.33. The van der Waals surface area contributed by atoms with Gasteiger partial charge in [0.1, 0.15) is 0 Å². The Labute approximate surface area is 258 Å². The lowest BCUT2D eigenvalue weighted by Crippen LogP contribution is -2.46. The summed E-state index contributed by atoms with van der Waals surface area (Å²) >= 11 is 0. The fourth-order valence-electron chi connectivity index (χ4n) is 6.80. The van der Waals surface area contributed by atoms with Crippen molar-refractivity contribution in [2.75, 3.05) is 56.5 Å². The number of likely N-dealkylation sites (tertiary alicyclic amines) is 1. The number of nitrogens with one attached hydrogen (secondary N) is 2. The minimum atomic E-state index is -0.367. The van der Waals surface area contributed by atoms with E-state index < -0.39 is 0 Å². The quantitative estimate of drug-likeness (QED) is 0.395. The lowest BCUT2D eigenvalue weighted by Gasteiger charge is -2.37. The number of pyridine rings is 1. The molecule has 11 heteroatoms. The molecule has 44 heavy (non-hydrogen) atoms. The van der Waals surface area contributed by atoms with Crippen LogP contribution in [0.5, 0.6) is 0 Å². The van der Waals surface area contributed by atoms with Crippen LogP contribution in [0, 0.1) is 6.92 Å². The van der Waals surface area contributed by atoms with Crippen LogP contribution in [0.15, 0.2) is 53.6 Å². The smallest absolute Gasteiger partial charge is 0.271 e. The summed E-state index contributed by atoms with van der Waals surface area (Å²) in [6, 6.07) is 13.4. The van der Waals surface area contributed by atoms with Crippen molar-refractivity contribution in [2.45, 2.75) is 50.6 Å². The Morgan fingerprint density at radius 1 is 1.00 bits per heavy atom. The number of carbonyl (C=O) groups excluding carboxylic acids is 2. The molecule has 3 unspecified atom stereocenters. The van der Waals surface area contributed by atoms with Crippen LogP contribution in [0.25, 0.3) is 0 Å². The predicted octanol–water partition coefficient (Wildman–Crippen LogP) is 2.23. The van der Waals surface area contributed by atoms with Gasteiger partial charge < -0.3 is 15.1 Å². The fraction of sp³-hybridized carbons (Fsp3) is 0.485. The van der Waals surface area contributed by atoms with Gasteiger partial charge in [-0.3, -0.25) is 29.6 Å². The summed E-state index contributed by atoms with van der Waals surface area (Å²) in [4.78, 5) is 47.9. The maximum atomic E-state index is 12.3. The SMILES string of the molecule is Cc1c(NC2CC(c3ccc(CN4CCN(c5ccnc(C6CCC(=O)NC6=O)c5)CC4)cc3)CN(C)C2)cnn(C)c1=O. The normalized spacial score (nSPS) is 23.4. The average molecular weight is 599 g/mol. The second kappa shape index (κ2) is 12.9. The Balaban J connectivity index is 1.02. The molecule has 0 bridgehead atoms. The highest BCUT2D eigenvalue weighted by atomic mass is 16.2. The number of amides is 2. The number of piperidine rings is 2. The van der Waals surface area contributed by atoms with Gasteiger partial charge in [0.15, 0.2) is 0 Å². The molecule has 232 valence electrons. The van der Waals surface area contributed by atoms with Gasteiger partial charge in [0, 0.05) is 82.8 Å². The molecule has 0 saturated carbocycles. The average Bonchev–Trinajstić information content (AvgIpc) is 3.02. The van der Waals surface area contributed by atoms with Crippen LogP contribution in [0.1, 0.15) is 53.5 Å². The number of carbonyl (C=O) groups is 2. The van der Waals surface area contributed by atoms with Crippen LogP contribution in [-0.2, 0) is 23.2 Å². The molecular weight excluding hydrogens is 556 g/mol. The number of anilines is 2. The number of aryl methyl sites for hydroxylation is 1. The van der Waals surface area contributed by atoms with Crippen molar-refractivity contribution in [3.05, 3.63) is 81.5 Å². The zero-order chi connectivity index (χ0) is 30.8. The second-order valence-electron chi connectivity index (χ2n) is 12.6. The lowest BCUT2D eigenvalue weighted by molar-refractivity contribution is -0.134. The maximum absolute atomic E-state index is 12.3. The number of likely N-dealkylation sites (N-methyl/N-ethyl adjacent to an activating group) is 1. The van der Waals surface area contributed by atoms with Crippen molar-refractivity contribution < 1.29 is 9.59 Å². The second-order valence-corrected chi connectivity index (χ2v) is 12.6. The summed E-state index contributed by atoms with van der Waals surface area (Å²) in [5.74, 6) is -0.410. The van der Waals surface area contributed by atoms with E-state index in [-0.39, 0.29) is 29.3 Å². The Morgan fingerprint density at radius 3 is 2.52 bits per heavy atom. The molecule has 6 rings (SSSR count). The van der Waals surface area contributed by atoms with E-state index in [4.69, 9.17) is 0 Å². The molecule has 5 heterocycles. The number of hydrogen-bond donors (Lipinski definition) is 2. The van der Waals surface area contributed by atoms with E-state index in [0.29, 0.717) is 24.3 Å². The molecule has 2 N–H and O–H groups in total. The molecule has 3 aliphatic heterocycles. The van der Waals surface area contributed by atoms with Gasteiger partial charge in [0.2, 0.25) is 11.8 Å². The number of nitrogens with zero attached hydrogens (tertiary/aromatic N) is 6. The van der Waals surface area contributed by atoms with Gasteiger partial charge >= 0.3 is 0 Å². The van der Waals surface area contributed by atoms with E-state index in [9.17, 15) is 14.4 Å². The van der Waals surface area contributed by atoms with Gasteiger partial charge in [-0.1, -0.05) is 24.3 Å². The molecule has 3 aliphatic rings. The van der Waals surface area contributed by atoms with Gasteiger partial charge in [0.05, 0.1) is 23.5 Å². The minimum Gasteiger partial charge on any atom is -0.379 e. The first-order chi connectivity index (χ1) is 21.2. The molecule has 3 aromatic rings. The molecule has 3 fully saturated rings. The van der Waals surface area contributed by atoms with E-state index in [1.54, 1.807) is 19.4 Å². The largest absolute Gasteiger partial charge is 0.379 e. The Bertz CT molecular complexity index is 1560. The van der Waals surface area contributed by atoms with Gasteiger partial charge in [-0.15, -0.1) is 0 Å². The number of hydrogen-bond acceptors (Lipinski definition) is 9. The van der Waals surface area contributed by atoms with Crippen molar-refractivity contribution in [1.29, 1.82) is 0 Å². The summed E-state index contributed by atoms with van der Waals surface area (Å²) in [7, 11) is 3.84. The van der Waals surface area contributed by atoms with E-state index in [2.05, 4.69) is 66.7 Å². The van der Waals surface area contributed by atoms with E-state index in [1.807, 2.05) is 19.1 Å². The summed E-state index contributed by atoms with van der Waals surface area (Å²) in [5, 5.41) is 10.2. The van der Waals surface area contributed by atoms with E-state index in [1.165, 1.54) is 15.8 Å². The van der Waals surface area contributed by atoms with Gasteiger partial charge in [-0.2, -0.15) is 5.10 Å². The highest BCUT2D eigenvalue weighted by Crippen LogP contribution is 2.30. The van der Waals surface area contributed by atoms with Crippen LogP contribution >= 0.6 is 0 Å². The van der Waals surface area contributed by atoms with Gasteiger partial charge in [-0.25, -0.2) is 4.68 Å². The number of rotatable bonds is 7. The number of imide groups is 1. The van der Waals surface area contributed by atoms with Crippen molar-refractivity contribution >= 4 is 23.2 Å². The summed E-state index contributed by atoms with van der Waals surface area (Å²) < 4.78 is 1.37. The van der Waals surface area contributed by atoms with Gasteiger partial charge in [0.25, 0.3) is 5.56 Å². The van der Waals surface area contributed by atoms with Crippen molar-refractivity contribution in [1.82, 2.24) is 29.9 Å². The zero-order valence-electron chi connectivity index (χ0n) is 25.8. The zero-order valence-corrected chi connectivity index (χ0v) is 25.8. The van der Waals surface area contributed by atoms with Crippen LogP contribution < -0.4 is 21.1 Å². The molecule has 11 nitrogen and oxygen atoms in total. The first-order valence-electron chi connectivity index (χ1n) is 15.6. The monoisotopic (exact) mass is 598 g/mol. The van der Waals surface area contributed by atoms with E-state index >= 15 is 0 Å². The third kappa shape index (κ3) is 6.68. The summed E-state index contributed by atoms with van der Waals surface area (Å²) in [6.45, 7) is 8.42. The molecule has 2 aromatic heterocycles. The van der Waals surface area contributed by atoms with Gasteiger partial charge in [-0.05, 0) is 56.0 Å². The highest BCUT2D eigenvalue weighted by molar-refractivity contribution is 6.00.